The van der Waals surface area contributed by atoms with Crippen LogP contribution in [0.3, 0.4) is 0 Å². The zero-order valence-electron chi connectivity index (χ0n) is 18.2. The van der Waals surface area contributed by atoms with E-state index < -0.39 is 11.7 Å². The number of amides is 1. The van der Waals surface area contributed by atoms with Crippen LogP contribution >= 0.6 is 0 Å². The maximum Gasteiger partial charge on any atom is 0.416 e. The number of piperidine rings is 1. The van der Waals surface area contributed by atoms with E-state index >= 15 is 0 Å². The lowest BCUT2D eigenvalue weighted by Gasteiger charge is -2.38. The summed E-state index contributed by atoms with van der Waals surface area (Å²) >= 11 is 0. The molecule has 0 atom stereocenters. The molecule has 1 aromatic heterocycles. The summed E-state index contributed by atoms with van der Waals surface area (Å²) < 4.78 is 40.2. The van der Waals surface area contributed by atoms with E-state index in [1.54, 1.807) is 17.0 Å². The van der Waals surface area contributed by atoms with Crippen LogP contribution < -0.4 is 0 Å². The van der Waals surface area contributed by atoms with Crippen LogP contribution in [0.1, 0.15) is 72.4 Å². The molecule has 5 nitrogen and oxygen atoms in total. The van der Waals surface area contributed by atoms with E-state index in [0.717, 1.165) is 30.3 Å². The number of H-pyrrole nitrogens is 1. The number of hydrogen-bond acceptors (Lipinski definition) is 3. The number of likely N-dealkylation sites (tertiary alicyclic amines) is 1. The second-order valence-corrected chi connectivity index (χ2v) is 9.52. The summed E-state index contributed by atoms with van der Waals surface area (Å²) in [6, 6.07) is 5.78. The molecule has 0 spiro atoms. The highest BCUT2D eigenvalue weighted by atomic mass is 19.4. The van der Waals surface area contributed by atoms with Gasteiger partial charge in [-0.25, -0.2) is 0 Å². The lowest BCUT2D eigenvalue weighted by Crippen LogP contribution is -2.45. The van der Waals surface area contributed by atoms with Crippen LogP contribution in [0.5, 0.6) is 0 Å². The Hall–Kier alpha value is -2.35. The monoisotopic (exact) mass is 434 g/mol. The van der Waals surface area contributed by atoms with Gasteiger partial charge < -0.3 is 4.90 Å². The van der Waals surface area contributed by atoms with Crippen LogP contribution in [0.4, 0.5) is 13.2 Å². The average Bonchev–Trinajstić information content (AvgIpc) is 3.15. The first-order valence-corrected chi connectivity index (χ1v) is 10.8. The first-order chi connectivity index (χ1) is 14.6. The van der Waals surface area contributed by atoms with Gasteiger partial charge in [0.1, 0.15) is 0 Å². The molecule has 0 bridgehead atoms. The van der Waals surface area contributed by atoms with Crippen LogP contribution in [-0.4, -0.2) is 51.1 Å². The Morgan fingerprint density at radius 1 is 1.10 bits per heavy atom. The van der Waals surface area contributed by atoms with Crippen molar-refractivity contribution >= 4 is 5.91 Å². The standard InChI is InChI=1S/C23H29F3N4O/c1-22(2,3)30-13-10-19-17(14-30)20(28-27-19)21(31)29-11-8-15(9-12-29)16-6-4-5-7-18(16)23(24,25)26/h4-7,15H,8-14H2,1-3H3,(H,27,28). The predicted molar refractivity (Wildman–Crippen MR) is 112 cm³/mol. The van der Waals surface area contributed by atoms with Crippen LogP contribution in [0, 0.1) is 0 Å². The van der Waals surface area contributed by atoms with E-state index in [9.17, 15) is 18.0 Å². The highest BCUT2D eigenvalue weighted by molar-refractivity contribution is 5.94. The largest absolute Gasteiger partial charge is 0.416 e. The molecule has 0 saturated carbocycles. The molecule has 1 amide bonds. The quantitative estimate of drug-likeness (QED) is 0.751. The molecule has 2 aliphatic rings. The van der Waals surface area contributed by atoms with Gasteiger partial charge in [-0.15, -0.1) is 0 Å². The van der Waals surface area contributed by atoms with Gasteiger partial charge in [-0.05, 0) is 51.2 Å². The summed E-state index contributed by atoms with van der Waals surface area (Å²) in [6.07, 6.45) is -2.51. The molecule has 2 aromatic rings. The van der Waals surface area contributed by atoms with Gasteiger partial charge in [0.15, 0.2) is 5.69 Å². The minimum absolute atomic E-state index is 0.000499. The maximum atomic E-state index is 13.4. The third-order valence-corrected chi connectivity index (χ3v) is 6.57. The van der Waals surface area contributed by atoms with Gasteiger partial charge in [0, 0.05) is 49.4 Å². The van der Waals surface area contributed by atoms with Crippen molar-refractivity contribution in [2.24, 2.45) is 0 Å². The number of alkyl halides is 3. The highest BCUT2D eigenvalue weighted by Crippen LogP contribution is 2.39. The zero-order valence-corrected chi connectivity index (χ0v) is 18.2. The number of aromatic amines is 1. The number of benzene rings is 1. The summed E-state index contributed by atoms with van der Waals surface area (Å²) in [5, 5.41) is 7.35. The number of nitrogens with zero attached hydrogens (tertiary/aromatic N) is 3. The van der Waals surface area contributed by atoms with Crippen molar-refractivity contribution < 1.29 is 18.0 Å². The molecule has 0 radical (unpaired) electrons. The average molecular weight is 435 g/mol. The molecule has 0 unspecified atom stereocenters. The summed E-state index contributed by atoms with van der Waals surface area (Å²) in [5.74, 6) is -0.331. The molecule has 1 N–H and O–H groups in total. The van der Waals surface area contributed by atoms with Gasteiger partial charge in [0.05, 0.1) is 5.56 Å². The van der Waals surface area contributed by atoms with E-state index in [1.165, 1.54) is 6.07 Å². The summed E-state index contributed by atoms with van der Waals surface area (Å²) in [7, 11) is 0. The molecule has 0 aliphatic carbocycles. The van der Waals surface area contributed by atoms with Gasteiger partial charge in [-0.3, -0.25) is 14.8 Å². The summed E-state index contributed by atoms with van der Waals surface area (Å²) in [5.41, 5.74) is 2.19. The number of fused-ring (bicyclic) bond motifs is 1. The Morgan fingerprint density at radius 3 is 2.42 bits per heavy atom. The fourth-order valence-corrected chi connectivity index (χ4v) is 4.70. The summed E-state index contributed by atoms with van der Waals surface area (Å²) in [4.78, 5) is 17.3. The number of nitrogens with one attached hydrogen (secondary N) is 1. The minimum Gasteiger partial charge on any atom is -0.337 e. The van der Waals surface area contributed by atoms with Crippen molar-refractivity contribution in [2.45, 2.75) is 64.2 Å². The number of rotatable bonds is 2. The van der Waals surface area contributed by atoms with Gasteiger partial charge in [0.2, 0.25) is 0 Å². The lowest BCUT2D eigenvalue weighted by molar-refractivity contribution is -0.138. The van der Waals surface area contributed by atoms with Crippen molar-refractivity contribution in [2.75, 3.05) is 19.6 Å². The molecule has 1 aromatic carbocycles. The SMILES string of the molecule is CC(C)(C)N1CCc2[nH]nc(C(=O)N3CCC(c4ccccc4C(F)(F)F)CC3)c2C1. The van der Waals surface area contributed by atoms with Crippen LogP contribution in [0.15, 0.2) is 24.3 Å². The Labute approximate surface area is 180 Å². The molecular formula is C23H29F3N4O. The third kappa shape index (κ3) is 4.35. The Bertz CT molecular complexity index is 952. The molecule has 3 heterocycles. The van der Waals surface area contributed by atoms with E-state index in [2.05, 4.69) is 35.9 Å². The fourth-order valence-electron chi connectivity index (χ4n) is 4.70. The van der Waals surface area contributed by atoms with Gasteiger partial charge >= 0.3 is 6.18 Å². The number of aromatic nitrogens is 2. The van der Waals surface area contributed by atoms with Crippen LogP contribution in [-0.2, 0) is 19.1 Å². The Kier molecular flexibility index (Phi) is 5.62. The van der Waals surface area contributed by atoms with E-state index in [4.69, 9.17) is 0 Å². The molecular weight excluding hydrogens is 405 g/mol. The summed E-state index contributed by atoms with van der Waals surface area (Å²) in [6.45, 7) is 8.91. The molecule has 2 aliphatic heterocycles. The molecule has 8 heteroatoms. The predicted octanol–water partition coefficient (Wildman–Crippen LogP) is 4.60. The highest BCUT2D eigenvalue weighted by Gasteiger charge is 2.37. The first kappa shape index (κ1) is 21.9. The van der Waals surface area contributed by atoms with Crippen molar-refractivity contribution in [3.05, 3.63) is 52.3 Å². The van der Waals surface area contributed by atoms with Gasteiger partial charge in [-0.2, -0.15) is 18.3 Å². The molecule has 1 fully saturated rings. The van der Waals surface area contributed by atoms with Crippen LogP contribution in [0.25, 0.3) is 0 Å². The fraction of sp³-hybridized carbons (Fsp3) is 0.565. The second kappa shape index (κ2) is 7.97. The van der Waals surface area contributed by atoms with Crippen LogP contribution in [0.2, 0.25) is 0 Å². The maximum absolute atomic E-state index is 13.4. The molecule has 31 heavy (non-hydrogen) atoms. The van der Waals surface area contributed by atoms with Crippen molar-refractivity contribution in [3.63, 3.8) is 0 Å². The second-order valence-electron chi connectivity index (χ2n) is 9.52. The number of carbonyl (C=O) groups is 1. The van der Waals surface area contributed by atoms with Crippen molar-refractivity contribution in [1.29, 1.82) is 0 Å². The zero-order chi connectivity index (χ0) is 22.4. The number of halogens is 3. The molecule has 168 valence electrons. The molecule has 1 saturated heterocycles. The van der Waals surface area contributed by atoms with Gasteiger partial charge in [-0.1, -0.05) is 18.2 Å². The van der Waals surface area contributed by atoms with Crippen molar-refractivity contribution in [1.82, 2.24) is 20.0 Å². The third-order valence-electron chi connectivity index (χ3n) is 6.57. The van der Waals surface area contributed by atoms with Gasteiger partial charge in [0.25, 0.3) is 5.91 Å². The smallest absolute Gasteiger partial charge is 0.337 e. The topological polar surface area (TPSA) is 52.2 Å². The lowest BCUT2D eigenvalue weighted by atomic mass is 9.86. The van der Waals surface area contributed by atoms with E-state index in [-0.39, 0.29) is 17.4 Å². The minimum atomic E-state index is -4.36. The van der Waals surface area contributed by atoms with Crippen molar-refractivity contribution in [3.8, 4) is 0 Å². The van der Waals surface area contributed by atoms with E-state index in [0.29, 0.717) is 43.7 Å². The first-order valence-electron chi connectivity index (χ1n) is 10.8. The molecule has 4 rings (SSSR count). The Balaban J connectivity index is 1.47. The number of carbonyl (C=O) groups excluding carboxylic acids is 1. The Morgan fingerprint density at radius 2 is 1.77 bits per heavy atom. The normalized spacial score (nSPS) is 18.8. The number of hydrogen-bond donors (Lipinski definition) is 1. The van der Waals surface area contributed by atoms with E-state index in [1.807, 2.05) is 0 Å².